The number of fused-ring (bicyclic) bond motifs is 3. The third kappa shape index (κ3) is 3.92. The second-order valence-corrected chi connectivity index (χ2v) is 13.4. The molecule has 2 N–H and O–H groups in total. The maximum absolute atomic E-state index is 15.6. The molecular weight excluding hydrogens is 644 g/mol. The van der Waals surface area contributed by atoms with Crippen molar-refractivity contribution in [3.8, 4) is 11.1 Å². The zero-order valence-corrected chi connectivity index (χ0v) is 24.8. The Morgan fingerprint density at radius 1 is 1.04 bits per heavy atom. The van der Waals surface area contributed by atoms with Gasteiger partial charge in [-0.1, -0.05) is 6.07 Å². The highest BCUT2D eigenvalue weighted by Crippen LogP contribution is 2.96. The molecular formula is C32H21F6N7OS. The summed E-state index contributed by atoms with van der Waals surface area (Å²) in [6, 6.07) is 7.42. The summed E-state index contributed by atoms with van der Waals surface area (Å²) in [6.07, 6.45) is -0.0170. The first-order valence-electron chi connectivity index (χ1n) is 14.7. The molecule has 0 bridgehead atoms. The van der Waals surface area contributed by atoms with Crippen molar-refractivity contribution in [2.24, 2.45) is 5.41 Å². The topological polar surface area (TPSA) is 101 Å². The van der Waals surface area contributed by atoms with Crippen molar-refractivity contribution < 1.29 is 31.1 Å². The number of pyridine rings is 1. The lowest BCUT2D eigenvalue weighted by atomic mass is 9.93. The second-order valence-electron chi connectivity index (χ2n) is 12.5. The van der Waals surface area contributed by atoms with Crippen LogP contribution in [0.5, 0.6) is 0 Å². The fourth-order valence-electron chi connectivity index (χ4n) is 7.63. The molecule has 0 radical (unpaired) electrons. The molecule has 0 saturated heterocycles. The maximum Gasteiger partial charge on any atom is 0.296 e. The van der Waals surface area contributed by atoms with E-state index < -0.39 is 64.7 Å². The van der Waals surface area contributed by atoms with Crippen LogP contribution in [-0.2, 0) is 29.1 Å². The number of rotatable bonds is 8. The quantitative estimate of drug-likeness (QED) is 0.173. The smallest absolute Gasteiger partial charge is 0.296 e. The first-order chi connectivity index (χ1) is 22.5. The van der Waals surface area contributed by atoms with Crippen molar-refractivity contribution in [1.82, 2.24) is 35.0 Å². The van der Waals surface area contributed by atoms with Crippen LogP contribution in [0.2, 0.25) is 0 Å². The van der Waals surface area contributed by atoms with Crippen LogP contribution in [0.25, 0.3) is 32.4 Å². The van der Waals surface area contributed by atoms with Crippen LogP contribution in [0.1, 0.15) is 53.5 Å². The molecule has 0 aliphatic heterocycles. The molecule has 0 spiro atoms. The maximum atomic E-state index is 15.6. The number of imidazole rings is 1. The Hall–Kier alpha value is -4.79. The van der Waals surface area contributed by atoms with E-state index in [2.05, 4.69) is 30.4 Å². The van der Waals surface area contributed by atoms with Crippen molar-refractivity contribution in [2.45, 2.75) is 49.6 Å². The molecule has 4 heterocycles. The van der Waals surface area contributed by atoms with Gasteiger partial charge >= 0.3 is 0 Å². The number of hydrogen-bond acceptors (Lipinski definition) is 6. The summed E-state index contributed by atoms with van der Waals surface area (Å²) in [5.74, 6) is -5.91. The van der Waals surface area contributed by atoms with E-state index in [0.717, 1.165) is 16.8 Å². The van der Waals surface area contributed by atoms with E-state index in [0.29, 0.717) is 38.4 Å². The Morgan fingerprint density at radius 2 is 1.83 bits per heavy atom. The number of thiazole rings is 1. The molecule has 4 aromatic heterocycles. The SMILES string of the molecule is O=C(Cn1nc(C(F)F)c2c1C(F)(F)C13CC21C3)NC(Cc1cc(F)cc(F)c1)c1ncc2[nH]cnc2c1-c1ccc2scnc2c1. The normalized spacial score (nSPS) is 22.4. The first-order valence-corrected chi connectivity index (χ1v) is 15.6. The van der Waals surface area contributed by atoms with E-state index in [9.17, 15) is 22.4 Å². The summed E-state index contributed by atoms with van der Waals surface area (Å²) in [6.45, 7) is -0.782. The molecule has 9 rings (SSSR count). The number of nitrogens with zero attached hydrogens (tertiary/aromatic N) is 5. The third-order valence-corrected chi connectivity index (χ3v) is 10.7. The summed E-state index contributed by atoms with van der Waals surface area (Å²) in [5, 5.41) is 6.59. The molecule has 2 fully saturated rings. The van der Waals surface area contributed by atoms with Gasteiger partial charge in [-0.05, 0) is 54.7 Å². The van der Waals surface area contributed by atoms with Crippen molar-refractivity contribution in [2.75, 3.05) is 0 Å². The number of amides is 1. The fourth-order valence-corrected chi connectivity index (χ4v) is 8.29. The summed E-state index contributed by atoms with van der Waals surface area (Å²) < 4.78 is 89.4. The number of hydrogen-bond donors (Lipinski definition) is 2. The van der Waals surface area contributed by atoms with Crippen LogP contribution in [0.15, 0.2) is 54.4 Å². The Bertz CT molecular complexity index is 2270. The van der Waals surface area contributed by atoms with Gasteiger partial charge in [0.05, 0.1) is 56.4 Å². The van der Waals surface area contributed by atoms with Crippen molar-refractivity contribution in [3.05, 3.63) is 94.3 Å². The van der Waals surface area contributed by atoms with Crippen LogP contribution in [0.3, 0.4) is 0 Å². The number of H-pyrrole nitrogens is 1. The average molecular weight is 666 g/mol. The summed E-state index contributed by atoms with van der Waals surface area (Å²) in [4.78, 5) is 30.2. The Labute approximate surface area is 264 Å². The monoisotopic (exact) mass is 665 g/mol. The highest BCUT2D eigenvalue weighted by atomic mass is 32.1. The van der Waals surface area contributed by atoms with Gasteiger partial charge in [-0.3, -0.25) is 14.5 Å². The minimum absolute atomic E-state index is 0.126. The Kier molecular flexibility index (Phi) is 5.68. The van der Waals surface area contributed by atoms with Gasteiger partial charge in [-0.25, -0.2) is 27.5 Å². The van der Waals surface area contributed by atoms with Gasteiger partial charge in [0.1, 0.15) is 29.6 Å². The third-order valence-electron chi connectivity index (χ3n) is 9.87. The van der Waals surface area contributed by atoms with E-state index in [1.807, 2.05) is 18.2 Å². The molecule has 3 aliphatic rings. The number of carbonyl (C=O) groups excluding carboxylic acids is 1. The predicted molar refractivity (Wildman–Crippen MR) is 158 cm³/mol. The van der Waals surface area contributed by atoms with E-state index in [1.54, 1.807) is 5.51 Å². The molecule has 2 saturated carbocycles. The second kappa shape index (κ2) is 9.40. The lowest BCUT2D eigenvalue weighted by Gasteiger charge is -2.24. The zero-order chi connectivity index (χ0) is 32.5. The molecule has 6 aromatic rings. The van der Waals surface area contributed by atoms with Crippen LogP contribution < -0.4 is 5.32 Å². The number of halogens is 6. The largest absolute Gasteiger partial charge is 0.346 e. The van der Waals surface area contributed by atoms with Gasteiger partial charge in [0.25, 0.3) is 12.3 Å². The van der Waals surface area contributed by atoms with E-state index in [-0.39, 0.29) is 36.1 Å². The van der Waals surface area contributed by atoms with Gasteiger partial charge in [0.2, 0.25) is 5.91 Å². The minimum Gasteiger partial charge on any atom is -0.346 e. The van der Waals surface area contributed by atoms with E-state index in [4.69, 9.17) is 0 Å². The van der Waals surface area contributed by atoms with Crippen molar-refractivity contribution in [1.29, 1.82) is 0 Å². The number of alkyl halides is 4. The highest BCUT2D eigenvalue weighted by Gasteiger charge is 2.98. The molecule has 8 nitrogen and oxygen atoms in total. The molecule has 1 unspecified atom stereocenters. The molecule has 2 aromatic carbocycles. The number of carbonyl (C=O) groups is 1. The highest BCUT2D eigenvalue weighted by molar-refractivity contribution is 7.16. The average Bonchev–Trinajstić information content (AvgIpc) is 3.43. The van der Waals surface area contributed by atoms with Crippen LogP contribution in [0.4, 0.5) is 26.3 Å². The van der Waals surface area contributed by atoms with Gasteiger partial charge in [-0.2, -0.15) is 13.9 Å². The Morgan fingerprint density at radius 3 is 2.60 bits per heavy atom. The first kappa shape index (κ1) is 28.4. The van der Waals surface area contributed by atoms with Crippen molar-refractivity contribution >= 4 is 38.5 Å². The summed E-state index contributed by atoms with van der Waals surface area (Å²) in [7, 11) is 0. The van der Waals surface area contributed by atoms with E-state index in [1.165, 1.54) is 23.9 Å². The molecule has 47 heavy (non-hydrogen) atoms. The Balaban J connectivity index is 1.13. The molecule has 3 aliphatic carbocycles. The molecule has 1 atom stereocenters. The van der Waals surface area contributed by atoms with Crippen molar-refractivity contribution in [3.63, 3.8) is 0 Å². The van der Waals surface area contributed by atoms with E-state index >= 15 is 8.78 Å². The lowest BCUT2D eigenvalue weighted by Crippen LogP contribution is -2.35. The predicted octanol–water partition coefficient (Wildman–Crippen LogP) is 6.88. The van der Waals surface area contributed by atoms with Gasteiger partial charge in [0, 0.05) is 22.6 Å². The van der Waals surface area contributed by atoms with Gasteiger partial charge < -0.3 is 10.3 Å². The number of benzene rings is 2. The van der Waals surface area contributed by atoms with Crippen LogP contribution in [-0.4, -0.2) is 35.6 Å². The van der Waals surface area contributed by atoms with Crippen LogP contribution >= 0.6 is 11.3 Å². The lowest BCUT2D eigenvalue weighted by molar-refractivity contribution is -0.123. The molecule has 15 heteroatoms. The molecule has 238 valence electrons. The zero-order valence-electron chi connectivity index (χ0n) is 24.0. The van der Waals surface area contributed by atoms with Crippen LogP contribution in [0, 0.1) is 17.0 Å². The summed E-state index contributed by atoms with van der Waals surface area (Å²) >= 11 is 1.45. The summed E-state index contributed by atoms with van der Waals surface area (Å²) in [5.41, 5.74) is 1.24. The minimum atomic E-state index is -3.41. The number of aromatic amines is 1. The van der Waals surface area contributed by atoms with Gasteiger partial charge in [0.15, 0.2) is 0 Å². The number of aromatic nitrogens is 6. The molecule has 1 amide bonds. The fraction of sp³-hybridized carbons (Fsp3) is 0.281. The number of nitrogens with one attached hydrogen (secondary N) is 2. The standard InChI is InChI=1S/C32H21F6N7OS/c33-16-3-14(4-17(34)7-16)5-19(25-23(26-20(8-39-25)40-12-41-26)15-1-2-21-18(6-15)42-13-47-21)43-22(46)9-45-28-24(27(44-45)29(35)36)30-10-31(30,11-30)32(28,37)38/h1-4,6-8,12-13,19,29H,5,9-11H2,(H,40,41)(H,43,46). The van der Waals surface area contributed by atoms with Gasteiger partial charge in [-0.15, -0.1) is 11.3 Å².